The van der Waals surface area contributed by atoms with Crippen molar-refractivity contribution in [2.24, 2.45) is 0 Å². The Kier molecular flexibility index (Phi) is 3.67. The molecule has 0 spiro atoms. The molecule has 1 rings (SSSR count). The molecule has 1 heterocycles. The maximum absolute atomic E-state index is 11.8. The second kappa shape index (κ2) is 4.45. The number of hydrogen-bond donors (Lipinski definition) is 0. The average Bonchev–Trinajstić information content (AvgIpc) is 2.62. The number of carbonyl (C=O) groups is 1. The van der Waals surface area contributed by atoms with E-state index in [-0.39, 0.29) is 5.78 Å². The first kappa shape index (κ1) is 12.4. The van der Waals surface area contributed by atoms with Gasteiger partial charge in [0.05, 0.1) is 4.88 Å². The second-order valence-electron chi connectivity index (χ2n) is 3.46. The Bertz CT molecular complexity index is 457. The molecule has 0 aliphatic rings. The molecule has 1 aromatic heterocycles. The lowest BCUT2D eigenvalue weighted by molar-refractivity contribution is 0.0995. The smallest absolute Gasteiger partial charge is 0.190 e. The van der Waals surface area contributed by atoms with Gasteiger partial charge in [0.15, 0.2) is 15.6 Å². The van der Waals surface area contributed by atoms with E-state index in [9.17, 15) is 13.2 Å². The highest BCUT2D eigenvalue weighted by Gasteiger charge is 2.25. The Morgan fingerprint density at radius 2 is 2.07 bits per heavy atom. The summed E-state index contributed by atoms with van der Waals surface area (Å²) >= 11 is 1.37. The minimum atomic E-state index is -3.29. The van der Waals surface area contributed by atoms with Crippen LogP contribution in [0.4, 0.5) is 0 Å². The van der Waals surface area contributed by atoms with Crippen molar-refractivity contribution in [3.05, 3.63) is 21.9 Å². The van der Waals surface area contributed by atoms with Crippen LogP contribution in [0.1, 0.15) is 28.4 Å². The molecule has 5 heteroatoms. The van der Waals surface area contributed by atoms with Crippen LogP contribution in [-0.4, -0.2) is 25.7 Å². The van der Waals surface area contributed by atoms with E-state index in [4.69, 9.17) is 0 Å². The van der Waals surface area contributed by atoms with Crippen LogP contribution in [0.15, 0.2) is 12.1 Å². The minimum absolute atomic E-state index is 0.304. The van der Waals surface area contributed by atoms with Gasteiger partial charge in [-0.15, -0.1) is 11.3 Å². The highest BCUT2D eigenvalue weighted by molar-refractivity contribution is 7.92. The van der Waals surface area contributed by atoms with Crippen LogP contribution in [0.2, 0.25) is 0 Å². The molecule has 15 heavy (non-hydrogen) atoms. The van der Waals surface area contributed by atoms with Gasteiger partial charge in [-0.05, 0) is 25.5 Å². The van der Waals surface area contributed by atoms with Crippen LogP contribution < -0.4 is 0 Å². The number of rotatable bonds is 4. The molecule has 0 amide bonds. The van der Waals surface area contributed by atoms with Gasteiger partial charge in [0.1, 0.15) is 5.25 Å². The van der Waals surface area contributed by atoms with E-state index in [0.29, 0.717) is 4.88 Å². The molecular formula is C10H14O3S2. The summed E-state index contributed by atoms with van der Waals surface area (Å²) in [5, 5.41) is -0.944. The van der Waals surface area contributed by atoms with Crippen molar-refractivity contribution in [3.8, 4) is 0 Å². The van der Waals surface area contributed by atoms with E-state index in [2.05, 4.69) is 0 Å². The molecule has 1 aromatic rings. The molecule has 0 aliphatic carbocycles. The van der Waals surface area contributed by atoms with Crippen molar-refractivity contribution < 1.29 is 13.2 Å². The number of ketones is 1. The lowest BCUT2D eigenvalue weighted by atomic mass is 10.2. The average molecular weight is 246 g/mol. The topological polar surface area (TPSA) is 51.2 Å². The van der Waals surface area contributed by atoms with Gasteiger partial charge in [0.25, 0.3) is 0 Å². The third-order valence-electron chi connectivity index (χ3n) is 2.26. The summed E-state index contributed by atoms with van der Waals surface area (Å²) in [6.07, 6.45) is 1.95. The minimum Gasteiger partial charge on any atom is -0.292 e. The molecule has 0 bridgehead atoms. The molecule has 0 aromatic carbocycles. The summed E-state index contributed by atoms with van der Waals surface area (Å²) in [7, 11) is -3.29. The summed E-state index contributed by atoms with van der Waals surface area (Å²) in [6, 6.07) is 3.57. The predicted octanol–water partition coefficient (Wildman–Crippen LogP) is 1.93. The molecular weight excluding hydrogens is 232 g/mol. The predicted molar refractivity (Wildman–Crippen MR) is 62.3 cm³/mol. The van der Waals surface area contributed by atoms with Crippen molar-refractivity contribution in [2.75, 3.05) is 6.26 Å². The molecule has 0 saturated carbocycles. The Labute approximate surface area is 94.0 Å². The molecule has 84 valence electrons. The van der Waals surface area contributed by atoms with Crippen LogP contribution >= 0.6 is 11.3 Å². The Hall–Kier alpha value is -0.680. The zero-order chi connectivity index (χ0) is 11.6. The van der Waals surface area contributed by atoms with Crippen molar-refractivity contribution in [1.82, 2.24) is 0 Å². The third kappa shape index (κ3) is 2.89. The van der Waals surface area contributed by atoms with Crippen LogP contribution in [0.5, 0.6) is 0 Å². The first-order chi connectivity index (χ1) is 6.86. The number of sulfone groups is 1. The highest BCUT2D eigenvalue weighted by Crippen LogP contribution is 2.20. The highest BCUT2D eigenvalue weighted by atomic mass is 32.2. The number of aryl methyl sites for hydroxylation is 1. The van der Waals surface area contributed by atoms with Gasteiger partial charge >= 0.3 is 0 Å². The SMILES string of the molecule is CCc1ccc(C(=O)C(C)S(C)(=O)=O)s1. The van der Waals surface area contributed by atoms with Gasteiger partial charge in [-0.1, -0.05) is 6.92 Å². The van der Waals surface area contributed by atoms with E-state index in [1.54, 1.807) is 6.07 Å². The molecule has 0 N–H and O–H groups in total. The van der Waals surface area contributed by atoms with Crippen LogP contribution in [0.25, 0.3) is 0 Å². The van der Waals surface area contributed by atoms with Gasteiger partial charge in [0, 0.05) is 11.1 Å². The molecule has 0 fully saturated rings. The Morgan fingerprint density at radius 3 is 2.47 bits per heavy atom. The van der Waals surface area contributed by atoms with Crippen LogP contribution in [0, 0.1) is 0 Å². The Balaban J connectivity index is 2.95. The van der Waals surface area contributed by atoms with E-state index in [1.807, 2.05) is 13.0 Å². The van der Waals surface area contributed by atoms with Gasteiger partial charge in [-0.25, -0.2) is 8.42 Å². The van der Waals surface area contributed by atoms with Gasteiger partial charge in [-0.2, -0.15) is 0 Å². The third-order valence-corrected chi connectivity index (χ3v) is 5.01. The summed E-state index contributed by atoms with van der Waals surface area (Å²) in [5.74, 6) is -0.304. The maximum atomic E-state index is 11.8. The fraction of sp³-hybridized carbons (Fsp3) is 0.500. The number of Topliss-reactive ketones (excluding diaryl/α,β-unsaturated/α-hetero) is 1. The van der Waals surface area contributed by atoms with Crippen molar-refractivity contribution in [3.63, 3.8) is 0 Å². The Morgan fingerprint density at radius 1 is 1.47 bits per heavy atom. The first-order valence-corrected chi connectivity index (χ1v) is 7.45. The molecule has 1 unspecified atom stereocenters. The van der Waals surface area contributed by atoms with E-state index in [1.165, 1.54) is 18.3 Å². The molecule has 0 aliphatic heterocycles. The monoisotopic (exact) mass is 246 g/mol. The summed E-state index contributed by atoms with van der Waals surface area (Å²) in [5.41, 5.74) is 0. The quantitative estimate of drug-likeness (QED) is 0.763. The van der Waals surface area contributed by atoms with E-state index >= 15 is 0 Å². The number of carbonyl (C=O) groups excluding carboxylic acids is 1. The molecule has 1 atom stereocenters. The lowest BCUT2D eigenvalue weighted by Gasteiger charge is -2.05. The number of thiophene rings is 1. The van der Waals surface area contributed by atoms with Gasteiger partial charge in [-0.3, -0.25) is 4.79 Å². The first-order valence-electron chi connectivity index (χ1n) is 4.68. The standard InChI is InChI=1S/C10H14O3S2/c1-4-8-5-6-9(14-8)10(11)7(2)15(3,12)13/h5-7H,4H2,1-3H3. The fourth-order valence-electron chi connectivity index (χ4n) is 1.10. The maximum Gasteiger partial charge on any atom is 0.190 e. The van der Waals surface area contributed by atoms with E-state index in [0.717, 1.165) is 17.6 Å². The van der Waals surface area contributed by atoms with Crippen molar-refractivity contribution >= 4 is 27.0 Å². The van der Waals surface area contributed by atoms with Gasteiger partial charge in [0.2, 0.25) is 0 Å². The van der Waals surface area contributed by atoms with E-state index < -0.39 is 15.1 Å². The van der Waals surface area contributed by atoms with Gasteiger partial charge < -0.3 is 0 Å². The fourth-order valence-corrected chi connectivity index (χ4v) is 2.66. The van der Waals surface area contributed by atoms with Crippen LogP contribution in [-0.2, 0) is 16.3 Å². The normalized spacial score (nSPS) is 13.8. The molecule has 0 radical (unpaired) electrons. The van der Waals surface area contributed by atoms with Crippen LogP contribution in [0.3, 0.4) is 0 Å². The lowest BCUT2D eigenvalue weighted by Crippen LogP contribution is -2.25. The largest absolute Gasteiger partial charge is 0.292 e. The summed E-state index contributed by atoms with van der Waals surface area (Å²) < 4.78 is 22.4. The van der Waals surface area contributed by atoms with Crippen molar-refractivity contribution in [1.29, 1.82) is 0 Å². The number of hydrogen-bond acceptors (Lipinski definition) is 4. The summed E-state index contributed by atoms with van der Waals surface area (Å²) in [4.78, 5) is 13.4. The molecule has 3 nitrogen and oxygen atoms in total. The molecule has 0 saturated heterocycles. The second-order valence-corrected chi connectivity index (χ2v) is 6.99. The van der Waals surface area contributed by atoms with Crippen molar-refractivity contribution in [2.45, 2.75) is 25.5 Å². The summed E-state index contributed by atoms with van der Waals surface area (Å²) in [6.45, 7) is 3.43. The zero-order valence-electron chi connectivity index (χ0n) is 8.98. The zero-order valence-corrected chi connectivity index (χ0v) is 10.6.